The van der Waals surface area contributed by atoms with Crippen LogP contribution < -0.4 is 15.4 Å². The van der Waals surface area contributed by atoms with Gasteiger partial charge in [-0.05, 0) is 51.1 Å². The Labute approximate surface area is 169 Å². The highest BCUT2D eigenvalue weighted by atomic mass is 16.5. The van der Waals surface area contributed by atoms with Crippen LogP contribution in [-0.4, -0.2) is 39.0 Å². The molecule has 3 aromatic rings. The molecule has 1 aliphatic rings. The predicted octanol–water partition coefficient (Wildman–Crippen LogP) is 2.74. The van der Waals surface area contributed by atoms with E-state index in [1.54, 1.807) is 18.5 Å². The second-order valence-corrected chi connectivity index (χ2v) is 7.08. The van der Waals surface area contributed by atoms with Gasteiger partial charge in [-0.25, -0.2) is 4.68 Å². The van der Waals surface area contributed by atoms with E-state index in [-0.39, 0.29) is 11.9 Å². The van der Waals surface area contributed by atoms with Gasteiger partial charge in [0.15, 0.2) is 5.69 Å². The Morgan fingerprint density at radius 1 is 1.28 bits per heavy atom. The topological polar surface area (TPSA) is 94.0 Å². The van der Waals surface area contributed by atoms with Gasteiger partial charge >= 0.3 is 0 Å². The molecule has 1 aliphatic heterocycles. The van der Waals surface area contributed by atoms with Gasteiger partial charge in [-0.1, -0.05) is 17.3 Å². The third-order valence-corrected chi connectivity index (χ3v) is 5.02. The van der Waals surface area contributed by atoms with Gasteiger partial charge in [-0.3, -0.25) is 9.78 Å². The Balaban J connectivity index is 1.41. The summed E-state index contributed by atoms with van der Waals surface area (Å²) in [6.07, 6.45) is 5.46. The first-order valence-corrected chi connectivity index (χ1v) is 9.76. The number of ether oxygens (including phenoxy) is 1. The Hall–Kier alpha value is -3.26. The van der Waals surface area contributed by atoms with E-state index in [2.05, 4.69) is 25.9 Å². The molecule has 1 fully saturated rings. The highest BCUT2D eigenvalue weighted by Gasteiger charge is 2.23. The van der Waals surface area contributed by atoms with Crippen LogP contribution in [0.3, 0.4) is 0 Å². The number of rotatable bonds is 6. The number of carbonyl (C=O) groups is 1. The SMILES string of the molecule is Cc1c(C(=O)Nc2cccc(OCc3cccnc3)c2)nnn1C1CCNCC1. The Bertz CT molecular complexity index is 966. The molecule has 150 valence electrons. The average molecular weight is 392 g/mol. The first-order valence-electron chi connectivity index (χ1n) is 9.76. The molecule has 8 heteroatoms. The van der Waals surface area contributed by atoms with Crippen molar-refractivity contribution in [3.05, 3.63) is 65.7 Å². The number of pyridine rings is 1. The maximum absolute atomic E-state index is 12.7. The fourth-order valence-corrected chi connectivity index (χ4v) is 3.45. The fraction of sp³-hybridized carbons (Fsp3) is 0.333. The van der Waals surface area contributed by atoms with E-state index >= 15 is 0 Å². The van der Waals surface area contributed by atoms with Crippen LogP contribution in [-0.2, 0) is 6.61 Å². The van der Waals surface area contributed by atoms with Crippen molar-refractivity contribution in [1.29, 1.82) is 0 Å². The zero-order valence-corrected chi connectivity index (χ0v) is 16.3. The van der Waals surface area contributed by atoms with E-state index in [9.17, 15) is 4.79 Å². The predicted molar refractivity (Wildman–Crippen MR) is 109 cm³/mol. The number of benzene rings is 1. The van der Waals surface area contributed by atoms with Gasteiger partial charge in [0, 0.05) is 29.7 Å². The molecule has 4 rings (SSSR count). The van der Waals surface area contributed by atoms with E-state index < -0.39 is 0 Å². The minimum atomic E-state index is -0.271. The standard InChI is InChI=1S/C21H24N6O2/c1-15-20(25-26-27(15)18-7-10-22-11-8-18)21(28)24-17-5-2-6-19(12-17)29-14-16-4-3-9-23-13-16/h2-6,9,12-13,18,22H,7-8,10-11,14H2,1H3,(H,24,28). The van der Waals surface area contributed by atoms with Crippen molar-refractivity contribution in [3.63, 3.8) is 0 Å². The lowest BCUT2D eigenvalue weighted by molar-refractivity contribution is 0.102. The van der Waals surface area contributed by atoms with Crippen molar-refractivity contribution in [3.8, 4) is 5.75 Å². The maximum Gasteiger partial charge on any atom is 0.278 e. The Morgan fingerprint density at radius 3 is 2.93 bits per heavy atom. The summed E-state index contributed by atoms with van der Waals surface area (Å²) in [5.74, 6) is 0.397. The van der Waals surface area contributed by atoms with Gasteiger partial charge in [0.05, 0.1) is 11.7 Å². The van der Waals surface area contributed by atoms with Gasteiger partial charge < -0.3 is 15.4 Å². The molecule has 2 aromatic heterocycles. The number of hydrogen-bond acceptors (Lipinski definition) is 6. The number of aromatic nitrogens is 4. The van der Waals surface area contributed by atoms with E-state index in [0.717, 1.165) is 37.2 Å². The highest BCUT2D eigenvalue weighted by Crippen LogP contribution is 2.22. The number of amides is 1. The third-order valence-electron chi connectivity index (χ3n) is 5.02. The molecule has 0 aliphatic carbocycles. The van der Waals surface area contributed by atoms with Crippen LogP contribution in [0.2, 0.25) is 0 Å². The lowest BCUT2D eigenvalue weighted by Gasteiger charge is -2.23. The summed E-state index contributed by atoms with van der Waals surface area (Å²) in [6, 6.07) is 11.4. The van der Waals surface area contributed by atoms with Gasteiger partial charge in [-0.2, -0.15) is 0 Å². The molecule has 0 atom stereocenters. The van der Waals surface area contributed by atoms with Crippen molar-refractivity contribution in [2.45, 2.75) is 32.4 Å². The molecule has 1 amide bonds. The summed E-state index contributed by atoms with van der Waals surface area (Å²) in [5, 5.41) is 14.6. The molecule has 3 heterocycles. The van der Waals surface area contributed by atoms with Crippen molar-refractivity contribution in [2.75, 3.05) is 18.4 Å². The normalized spacial score (nSPS) is 14.5. The molecular formula is C21H24N6O2. The lowest BCUT2D eigenvalue weighted by atomic mass is 10.1. The minimum absolute atomic E-state index is 0.271. The minimum Gasteiger partial charge on any atom is -0.489 e. The number of nitrogens with zero attached hydrogens (tertiary/aromatic N) is 4. The van der Waals surface area contributed by atoms with Gasteiger partial charge in [0.1, 0.15) is 12.4 Å². The van der Waals surface area contributed by atoms with E-state index in [4.69, 9.17) is 4.74 Å². The second-order valence-electron chi connectivity index (χ2n) is 7.08. The molecule has 29 heavy (non-hydrogen) atoms. The summed E-state index contributed by atoms with van der Waals surface area (Å²) in [7, 11) is 0. The molecule has 2 N–H and O–H groups in total. The number of carbonyl (C=O) groups excluding carboxylic acids is 1. The molecule has 1 saturated heterocycles. The first-order chi connectivity index (χ1) is 14.2. The fourth-order valence-electron chi connectivity index (χ4n) is 3.45. The maximum atomic E-state index is 12.7. The Kier molecular flexibility index (Phi) is 5.81. The van der Waals surface area contributed by atoms with E-state index in [0.29, 0.717) is 23.7 Å². The molecule has 0 radical (unpaired) electrons. The summed E-state index contributed by atoms with van der Waals surface area (Å²) < 4.78 is 7.68. The largest absolute Gasteiger partial charge is 0.489 e. The number of nitrogens with one attached hydrogen (secondary N) is 2. The monoisotopic (exact) mass is 392 g/mol. The summed E-state index contributed by atoms with van der Waals surface area (Å²) in [6.45, 7) is 4.22. The molecule has 1 aromatic carbocycles. The van der Waals surface area contributed by atoms with Gasteiger partial charge in [-0.15, -0.1) is 5.10 Å². The zero-order valence-electron chi connectivity index (χ0n) is 16.3. The summed E-state index contributed by atoms with van der Waals surface area (Å²) in [5.41, 5.74) is 2.77. The average Bonchev–Trinajstić information content (AvgIpc) is 3.15. The quantitative estimate of drug-likeness (QED) is 0.670. The molecule has 0 bridgehead atoms. The number of hydrogen-bond donors (Lipinski definition) is 2. The number of anilines is 1. The van der Waals surface area contributed by atoms with Crippen LogP contribution in [0, 0.1) is 6.92 Å². The highest BCUT2D eigenvalue weighted by molar-refractivity contribution is 6.03. The second kappa shape index (κ2) is 8.83. The number of piperidine rings is 1. The van der Waals surface area contributed by atoms with Crippen LogP contribution in [0.1, 0.15) is 40.6 Å². The van der Waals surface area contributed by atoms with Crippen molar-refractivity contribution < 1.29 is 9.53 Å². The van der Waals surface area contributed by atoms with Gasteiger partial charge in [0.25, 0.3) is 5.91 Å². The van der Waals surface area contributed by atoms with Crippen LogP contribution in [0.25, 0.3) is 0 Å². The lowest BCUT2D eigenvalue weighted by Crippen LogP contribution is -2.30. The third kappa shape index (κ3) is 4.60. The van der Waals surface area contributed by atoms with Crippen molar-refractivity contribution in [2.24, 2.45) is 0 Å². The smallest absolute Gasteiger partial charge is 0.278 e. The molecule has 0 saturated carbocycles. The van der Waals surface area contributed by atoms with Crippen molar-refractivity contribution in [1.82, 2.24) is 25.3 Å². The summed E-state index contributed by atoms with van der Waals surface area (Å²) >= 11 is 0. The molecular weight excluding hydrogens is 368 g/mol. The van der Waals surface area contributed by atoms with Crippen LogP contribution >= 0.6 is 0 Å². The molecule has 0 unspecified atom stereocenters. The van der Waals surface area contributed by atoms with E-state index in [1.807, 2.05) is 41.9 Å². The van der Waals surface area contributed by atoms with Crippen molar-refractivity contribution >= 4 is 11.6 Å². The van der Waals surface area contributed by atoms with Crippen LogP contribution in [0.15, 0.2) is 48.8 Å². The van der Waals surface area contributed by atoms with Gasteiger partial charge in [0.2, 0.25) is 0 Å². The summed E-state index contributed by atoms with van der Waals surface area (Å²) in [4.78, 5) is 16.8. The van der Waals surface area contributed by atoms with E-state index in [1.165, 1.54) is 0 Å². The zero-order chi connectivity index (χ0) is 20.1. The Morgan fingerprint density at radius 2 is 2.14 bits per heavy atom. The molecule has 0 spiro atoms. The molecule has 8 nitrogen and oxygen atoms in total. The van der Waals surface area contributed by atoms with Crippen LogP contribution in [0.5, 0.6) is 5.75 Å². The van der Waals surface area contributed by atoms with Crippen LogP contribution in [0.4, 0.5) is 5.69 Å². The first kappa shape index (κ1) is 19.1.